The van der Waals surface area contributed by atoms with Crippen LogP contribution in [0, 0.1) is 6.92 Å². The lowest BCUT2D eigenvalue weighted by Gasteiger charge is -2.10. The van der Waals surface area contributed by atoms with E-state index in [9.17, 15) is 0 Å². The molecule has 12 heavy (non-hydrogen) atoms. The van der Waals surface area contributed by atoms with E-state index in [2.05, 4.69) is 35.8 Å². The number of hydrogen-bond donors (Lipinski definition) is 0. The molecule has 0 saturated heterocycles. The Hall–Kier alpha value is -0.500. The Balaban J connectivity index is 3.25. The van der Waals surface area contributed by atoms with Gasteiger partial charge < -0.3 is 4.74 Å². The second-order valence-corrected chi connectivity index (χ2v) is 3.52. The molecule has 0 spiro atoms. The second-order valence-electron chi connectivity index (χ2n) is 2.73. The minimum Gasteiger partial charge on any atom is -0.496 e. The van der Waals surface area contributed by atoms with Crippen LogP contribution >= 0.6 is 15.9 Å². The van der Waals surface area contributed by atoms with E-state index in [1.165, 1.54) is 15.6 Å². The Morgan fingerprint density at radius 1 is 1.42 bits per heavy atom. The first-order valence-corrected chi connectivity index (χ1v) is 4.82. The van der Waals surface area contributed by atoms with Gasteiger partial charge in [0, 0.05) is 10.0 Å². The fourth-order valence-corrected chi connectivity index (χ4v) is 1.85. The molecular formula is C10H13BrO. The minimum absolute atomic E-state index is 0.968. The summed E-state index contributed by atoms with van der Waals surface area (Å²) in [4.78, 5) is 0. The first-order chi connectivity index (χ1) is 5.70. The average molecular weight is 229 g/mol. The van der Waals surface area contributed by atoms with Crippen LogP contribution in [0.4, 0.5) is 0 Å². The van der Waals surface area contributed by atoms with Crippen molar-refractivity contribution in [2.24, 2.45) is 0 Å². The SMILES string of the molecule is CCc1c(OC)ccc(C)c1Br. The molecule has 0 N–H and O–H groups in total. The molecule has 0 radical (unpaired) electrons. The van der Waals surface area contributed by atoms with Crippen molar-refractivity contribution in [3.8, 4) is 5.75 Å². The van der Waals surface area contributed by atoms with Crippen LogP contribution in [-0.4, -0.2) is 7.11 Å². The number of rotatable bonds is 2. The Morgan fingerprint density at radius 3 is 2.58 bits per heavy atom. The van der Waals surface area contributed by atoms with Gasteiger partial charge in [-0.15, -0.1) is 0 Å². The van der Waals surface area contributed by atoms with Crippen molar-refractivity contribution in [1.29, 1.82) is 0 Å². The Labute approximate surface area is 81.9 Å². The molecule has 0 aromatic heterocycles. The number of hydrogen-bond acceptors (Lipinski definition) is 1. The third-order valence-electron chi connectivity index (χ3n) is 1.97. The van der Waals surface area contributed by atoms with Gasteiger partial charge in [-0.25, -0.2) is 0 Å². The Kier molecular flexibility index (Phi) is 3.15. The van der Waals surface area contributed by atoms with Gasteiger partial charge in [0.15, 0.2) is 0 Å². The number of ether oxygens (including phenoxy) is 1. The van der Waals surface area contributed by atoms with Crippen molar-refractivity contribution in [2.45, 2.75) is 20.3 Å². The van der Waals surface area contributed by atoms with Crippen molar-refractivity contribution in [2.75, 3.05) is 7.11 Å². The normalized spacial score (nSPS) is 10.0. The van der Waals surface area contributed by atoms with Crippen molar-refractivity contribution in [1.82, 2.24) is 0 Å². The van der Waals surface area contributed by atoms with Gasteiger partial charge in [0.05, 0.1) is 7.11 Å². The molecule has 0 fully saturated rings. The summed E-state index contributed by atoms with van der Waals surface area (Å²) in [5.74, 6) is 0.968. The standard InChI is InChI=1S/C10H13BrO/c1-4-8-9(12-3)6-5-7(2)10(8)11/h5-6H,4H2,1-3H3. The molecule has 2 heteroatoms. The zero-order valence-corrected chi connectivity index (χ0v) is 9.23. The number of methoxy groups -OCH3 is 1. The quantitative estimate of drug-likeness (QED) is 0.755. The molecule has 0 saturated carbocycles. The van der Waals surface area contributed by atoms with Crippen molar-refractivity contribution in [3.63, 3.8) is 0 Å². The molecule has 1 aromatic carbocycles. The van der Waals surface area contributed by atoms with Crippen LogP contribution in [0.2, 0.25) is 0 Å². The van der Waals surface area contributed by atoms with E-state index in [0.717, 1.165) is 12.2 Å². The summed E-state index contributed by atoms with van der Waals surface area (Å²) in [5, 5.41) is 0. The van der Waals surface area contributed by atoms with Gasteiger partial charge >= 0.3 is 0 Å². The maximum absolute atomic E-state index is 5.24. The molecule has 0 bridgehead atoms. The van der Waals surface area contributed by atoms with Crippen molar-refractivity contribution < 1.29 is 4.74 Å². The molecule has 0 amide bonds. The average Bonchev–Trinajstić information content (AvgIpc) is 2.09. The molecule has 0 aliphatic carbocycles. The summed E-state index contributed by atoms with van der Waals surface area (Å²) in [7, 11) is 1.70. The summed E-state index contributed by atoms with van der Waals surface area (Å²) in [5.41, 5.74) is 2.50. The summed E-state index contributed by atoms with van der Waals surface area (Å²) in [6.07, 6.45) is 0.992. The molecular weight excluding hydrogens is 216 g/mol. The first kappa shape index (κ1) is 9.59. The van der Waals surface area contributed by atoms with E-state index in [-0.39, 0.29) is 0 Å². The number of halogens is 1. The number of benzene rings is 1. The van der Waals surface area contributed by atoms with E-state index < -0.39 is 0 Å². The lowest BCUT2D eigenvalue weighted by atomic mass is 10.1. The van der Waals surface area contributed by atoms with Crippen LogP contribution in [-0.2, 0) is 6.42 Å². The van der Waals surface area contributed by atoms with Crippen LogP contribution in [0.3, 0.4) is 0 Å². The Bertz CT molecular complexity index is 281. The summed E-state index contributed by atoms with van der Waals surface area (Å²) in [6, 6.07) is 4.07. The van der Waals surface area contributed by atoms with Crippen LogP contribution in [0.1, 0.15) is 18.1 Å². The zero-order valence-electron chi connectivity index (χ0n) is 7.65. The largest absolute Gasteiger partial charge is 0.496 e. The smallest absolute Gasteiger partial charge is 0.123 e. The third-order valence-corrected chi connectivity index (χ3v) is 3.07. The second kappa shape index (κ2) is 3.94. The molecule has 1 aromatic rings. The summed E-state index contributed by atoms with van der Waals surface area (Å²) < 4.78 is 6.41. The predicted molar refractivity (Wildman–Crippen MR) is 54.8 cm³/mol. The highest BCUT2D eigenvalue weighted by atomic mass is 79.9. The molecule has 1 nitrogen and oxygen atoms in total. The topological polar surface area (TPSA) is 9.23 Å². The fraction of sp³-hybridized carbons (Fsp3) is 0.400. The van der Waals surface area contributed by atoms with Gasteiger partial charge in [0.1, 0.15) is 5.75 Å². The zero-order chi connectivity index (χ0) is 9.14. The summed E-state index contributed by atoms with van der Waals surface area (Å²) in [6.45, 7) is 4.21. The highest BCUT2D eigenvalue weighted by molar-refractivity contribution is 9.10. The van der Waals surface area contributed by atoms with Crippen molar-refractivity contribution >= 4 is 15.9 Å². The van der Waals surface area contributed by atoms with Crippen LogP contribution in [0.15, 0.2) is 16.6 Å². The Morgan fingerprint density at radius 2 is 2.08 bits per heavy atom. The maximum Gasteiger partial charge on any atom is 0.123 e. The molecule has 0 aliphatic heterocycles. The van der Waals surface area contributed by atoms with E-state index in [0.29, 0.717) is 0 Å². The van der Waals surface area contributed by atoms with Crippen LogP contribution < -0.4 is 4.74 Å². The van der Waals surface area contributed by atoms with E-state index in [4.69, 9.17) is 4.74 Å². The lowest BCUT2D eigenvalue weighted by molar-refractivity contribution is 0.409. The first-order valence-electron chi connectivity index (χ1n) is 4.02. The molecule has 0 heterocycles. The van der Waals surface area contributed by atoms with Gasteiger partial charge in [-0.1, -0.05) is 28.9 Å². The highest BCUT2D eigenvalue weighted by Crippen LogP contribution is 2.29. The lowest BCUT2D eigenvalue weighted by Crippen LogP contribution is -1.93. The van der Waals surface area contributed by atoms with E-state index in [1.54, 1.807) is 7.11 Å². The summed E-state index contributed by atoms with van der Waals surface area (Å²) >= 11 is 3.55. The van der Waals surface area contributed by atoms with Gasteiger partial charge in [-0.2, -0.15) is 0 Å². The maximum atomic E-state index is 5.24. The van der Waals surface area contributed by atoms with Crippen LogP contribution in [0.25, 0.3) is 0 Å². The van der Waals surface area contributed by atoms with Crippen molar-refractivity contribution in [3.05, 3.63) is 27.7 Å². The fourth-order valence-electron chi connectivity index (χ4n) is 1.24. The molecule has 0 aliphatic rings. The van der Waals surface area contributed by atoms with E-state index >= 15 is 0 Å². The molecule has 0 atom stereocenters. The van der Waals surface area contributed by atoms with Crippen LogP contribution in [0.5, 0.6) is 5.75 Å². The highest BCUT2D eigenvalue weighted by Gasteiger charge is 2.06. The predicted octanol–water partition coefficient (Wildman–Crippen LogP) is 3.33. The van der Waals surface area contributed by atoms with Gasteiger partial charge in [0.2, 0.25) is 0 Å². The van der Waals surface area contributed by atoms with Gasteiger partial charge in [-0.05, 0) is 25.0 Å². The van der Waals surface area contributed by atoms with Gasteiger partial charge in [-0.3, -0.25) is 0 Å². The minimum atomic E-state index is 0.968. The van der Waals surface area contributed by atoms with E-state index in [1.807, 2.05) is 6.07 Å². The number of aryl methyl sites for hydroxylation is 1. The monoisotopic (exact) mass is 228 g/mol. The third kappa shape index (κ3) is 1.63. The molecule has 0 unspecified atom stereocenters. The molecule has 1 rings (SSSR count). The molecule has 66 valence electrons. The van der Waals surface area contributed by atoms with Gasteiger partial charge in [0.25, 0.3) is 0 Å².